The van der Waals surface area contributed by atoms with E-state index in [1.54, 1.807) is 6.07 Å². The van der Waals surface area contributed by atoms with Gasteiger partial charge in [0.05, 0.1) is 21.3 Å². The first-order chi connectivity index (χ1) is 13.3. The minimum Gasteiger partial charge on any atom is -0.868 e. The lowest BCUT2D eigenvalue weighted by atomic mass is 10.1. The average Bonchev–Trinajstić information content (AvgIpc) is 2.90. The van der Waals surface area contributed by atoms with E-state index in [-0.39, 0.29) is 28.3 Å². The lowest BCUT2D eigenvalue weighted by Crippen LogP contribution is -2.27. The predicted molar refractivity (Wildman–Crippen MR) is 97.2 cm³/mol. The molecule has 0 bridgehead atoms. The molecule has 1 aliphatic rings. The molecule has 11 heteroatoms. The summed E-state index contributed by atoms with van der Waals surface area (Å²) in [7, 11) is 0. The molecule has 0 atom stereocenters. The highest BCUT2D eigenvalue weighted by Crippen LogP contribution is 2.35. The van der Waals surface area contributed by atoms with Gasteiger partial charge in [0, 0.05) is 17.7 Å². The molecular weight excluding hydrogens is 390 g/mol. The third-order valence-corrected chi connectivity index (χ3v) is 4.78. The molecule has 1 fully saturated rings. The van der Waals surface area contributed by atoms with Crippen LogP contribution in [0.5, 0.6) is 5.75 Å². The van der Waals surface area contributed by atoms with Gasteiger partial charge in [0.1, 0.15) is 0 Å². The van der Waals surface area contributed by atoms with Crippen molar-refractivity contribution < 1.29 is 24.5 Å². The van der Waals surface area contributed by atoms with E-state index in [9.17, 15) is 34.9 Å². The molecule has 1 aliphatic heterocycles. The zero-order valence-electron chi connectivity index (χ0n) is 13.9. The lowest BCUT2D eigenvalue weighted by molar-refractivity contribution is -0.398. The zero-order valence-corrected chi connectivity index (χ0v) is 14.8. The number of carbonyl (C=O) groups excluding carboxylic acids is 2. The number of nitro groups is 2. The highest BCUT2D eigenvalue weighted by Gasteiger charge is 2.36. The monoisotopic (exact) mass is 400 g/mol. The molecule has 1 heterocycles. The van der Waals surface area contributed by atoms with Crippen LogP contribution in [0.15, 0.2) is 47.4 Å². The summed E-state index contributed by atoms with van der Waals surface area (Å²) in [5.41, 5.74) is -0.454. The van der Waals surface area contributed by atoms with Gasteiger partial charge in [-0.1, -0.05) is 30.3 Å². The quantitative estimate of drug-likeness (QED) is 0.423. The molecule has 1 saturated heterocycles. The number of nitro benzene ring substituents is 2. The van der Waals surface area contributed by atoms with Gasteiger partial charge in [-0.25, -0.2) is 0 Å². The minimum atomic E-state index is -0.833. The Bertz CT molecular complexity index is 1050. The summed E-state index contributed by atoms with van der Waals surface area (Å²) in [6.07, 6.45) is 1.26. The number of imide groups is 1. The van der Waals surface area contributed by atoms with E-state index in [1.165, 1.54) is 30.3 Å². The number of carbonyl (C=O) groups is 2. The second-order valence-electron chi connectivity index (χ2n) is 5.64. The van der Waals surface area contributed by atoms with Crippen LogP contribution >= 0.6 is 11.8 Å². The SMILES string of the molecule is O=C1S/C(=C/c2ccc([O-])c([N+](=O)[O-])c2)C(=O)N1Cc1ccccc1[N+](=O)[O-]. The van der Waals surface area contributed by atoms with Crippen LogP contribution in [-0.2, 0) is 11.3 Å². The summed E-state index contributed by atoms with van der Waals surface area (Å²) in [4.78, 5) is 46.1. The van der Waals surface area contributed by atoms with E-state index >= 15 is 0 Å². The molecule has 0 aliphatic carbocycles. The number of benzene rings is 2. The summed E-state index contributed by atoms with van der Waals surface area (Å²) in [5, 5.41) is 32.8. The summed E-state index contributed by atoms with van der Waals surface area (Å²) in [6.45, 7) is -0.279. The van der Waals surface area contributed by atoms with Crippen molar-refractivity contribution in [2.75, 3.05) is 0 Å². The maximum atomic E-state index is 12.5. The number of thioether (sulfide) groups is 1. The Morgan fingerprint density at radius 1 is 1.00 bits per heavy atom. The number of amides is 2. The Hall–Kier alpha value is -3.73. The van der Waals surface area contributed by atoms with Gasteiger partial charge < -0.3 is 5.11 Å². The first-order valence-electron chi connectivity index (χ1n) is 7.71. The van der Waals surface area contributed by atoms with E-state index < -0.39 is 32.4 Å². The topological polar surface area (TPSA) is 147 Å². The Morgan fingerprint density at radius 3 is 2.36 bits per heavy atom. The maximum absolute atomic E-state index is 12.5. The van der Waals surface area contributed by atoms with Crippen molar-refractivity contribution in [2.24, 2.45) is 0 Å². The Morgan fingerprint density at radius 2 is 1.68 bits per heavy atom. The number of rotatable bonds is 5. The molecule has 0 saturated carbocycles. The number of hydrogen-bond donors (Lipinski definition) is 0. The lowest BCUT2D eigenvalue weighted by Gasteiger charge is -2.12. The molecule has 142 valence electrons. The van der Waals surface area contributed by atoms with Crippen LogP contribution in [0.4, 0.5) is 16.2 Å². The van der Waals surface area contributed by atoms with Gasteiger partial charge in [0.15, 0.2) is 0 Å². The molecule has 3 rings (SSSR count). The van der Waals surface area contributed by atoms with Crippen molar-refractivity contribution in [1.29, 1.82) is 0 Å². The Labute approximate surface area is 161 Å². The predicted octanol–water partition coefficient (Wildman–Crippen LogP) is 2.81. The fourth-order valence-electron chi connectivity index (χ4n) is 2.55. The Balaban J connectivity index is 1.88. The molecule has 2 amide bonds. The Kier molecular flexibility index (Phi) is 5.09. The first kappa shape index (κ1) is 19.0. The van der Waals surface area contributed by atoms with Crippen molar-refractivity contribution >= 4 is 40.4 Å². The number of para-hydroxylation sites is 1. The fraction of sp³-hybridized carbons (Fsp3) is 0.0588. The van der Waals surface area contributed by atoms with Crippen molar-refractivity contribution in [3.63, 3.8) is 0 Å². The van der Waals surface area contributed by atoms with Crippen LogP contribution in [0.1, 0.15) is 11.1 Å². The summed E-state index contributed by atoms with van der Waals surface area (Å²) in [5.74, 6) is -1.45. The molecule has 0 aromatic heterocycles. The number of nitrogens with zero attached hydrogens (tertiary/aromatic N) is 3. The van der Waals surface area contributed by atoms with Crippen LogP contribution in [0, 0.1) is 20.2 Å². The molecule has 0 radical (unpaired) electrons. The largest absolute Gasteiger partial charge is 0.868 e. The second-order valence-corrected chi connectivity index (χ2v) is 6.63. The van der Waals surface area contributed by atoms with E-state index in [1.807, 2.05) is 0 Å². The van der Waals surface area contributed by atoms with E-state index in [2.05, 4.69) is 0 Å². The molecule has 2 aromatic rings. The molecule has 2 aromatic carbocycles. The molecule has 10 nitrogen and oxygen atoms in total. The van der Waals surface area contributed by atoms with Gasteiger partial charge in [-0.3, -0.25) is 34.7 Å². The van der Waals surface area contributed by atoms with Gasteiger partial charge >= 0.3 is 0 Å². The van der Waals surface area contributed by atoms with Crippen molar-refractivity contribution in [3.05, 3.63) is 78.7 Å². The summed E-state index contributed by atoms with van der Waals surface area (Å²) >= 11 is 0.609. The van der Waals surface area contributed by atoms with Crippen molar-refractivity contribution in [1.82, 2.24) is 4.90 Å². The third kappa shape index (κ3) is 3.69. The fourth-order valence-corrected chi connectivity index (χ4v) is 3.39. The van der Waals surface area contributed by atoms with Crippen LogP contribution in [0.2, 0.25) is 0 Å². The third-order valence-electron chi connectivity index (χ3n) is 3.87. The molecule has 28 heavy (non-hydrogen) atoms. The normalized spacial score (nSPS) is 15.3. The molecule has 0 spiro atoms. The highest BCUT2D eigenvalue weighted by molar-refractivity contribution is 8.18. The van der Waals surface area contributed by atoms with Crippen LogP contribution < -0.4 is 5.11 Å². The molecular formula is C17H10N3O7S-. The van der Waals surface area contributed by atoms with Gasteiger partial charge in [-0.2, -0.15) is 0 Å². The van der Waals surface area contributed by atoms with E-state index in [0.29, 0.717) is 11.8 Å². The van der Waals surface area contributed by atoms with Crippen LogP contribution in [0.25, 0.3) is 6.08 Å². The smallest absolute Gasteiger partial charge is 0.293 e. The maximum Gasteiger partial charge on any atom is 0.293 e. The van der Waals surface area contributed by atoms with Gasteiger partial charge in [0.25, 0.3) is 22.5 Å². The first-order valence-corrected chi connectivity index (χ1v) is 8.52. The van der Waals surface area contributed by atoms with Crippen molar-refractivity contribution in [2.45, 2.75) is 6.54 Å². The molecule has 0 N–H and O–H groups in total. The van der Waals surface area contributed by atoms with Crippen LogP contribution in [0.3, 0.4) is 0 Å². The summed E-state index contributed by atoms with van der Waals surface area (Å²) in [6, 6.07) is 9.06. The van der Waals surface area contributed by atoms with Crippen molar-refractivity contribution in [3.8, 4) is 5.75 Å². The zero-order chi connectivity index (χ0) is 20.4. The molecule has 0 unspecified atom stereocenters. The summed E-state index contributed by atoms with van der Waals surface area (Å²) < 4.78 is 0. The van der Waals surface area contributed by atoms with Gasteiger partial charge in [-0.15, -0.1) is 0 Å². The number of hydrogen-bond acceptors (Lipinski definition) is 8. The standard InChI is InChI=1S/C17H11N3O7S/c21-14-6-5-10(7-13(14)20(26)27)8-15-16(22)18(17(23)28-15)9-11-3-1-2-4-12(11)19(24)25/h1-8,21H,9H2/p-1/b15-8+. The van der Waals surface area contributed by atoms with Gasteiger partial charge in [0.2, 0.25) is 0 Å². The van der Waals surface area contributed by atoms with Crippen LogP contribution in [-0.4, -0.2) is 25.9 Å². The minimum absolute atomic E-state index is 0.00321. The average molecular weight is 400 g/mol. The van der Waals surface area contributed by atoms with E-state index in [4.69, 9.17) is 0 Å². The highest BCUT2D eigenvalue weighted by atomic mass is 32.2. The van der Waals surface area contributed by atoms with Gasteiger partial charge in [-0.05, 0) is 29.2 Å². The second kappa shape index (κ2) is 7.48. The van der Waals surface area contributed by atoms with E-state index in [0.717, 1.165) is 17.0 Å².